The maximum absolute atomic E-state index is 12.7. The molecule has 0 radical (unpaired) electrons. The zero-order valence-corrected chi connectivity index (χ0v) is 13.5. The van der Waals surface area contributed by atoms with Gasteiger partial charge in [0.05, 0.1) is 36.9 Å². The first kappa shape index (κ1) is 16.6. The minimum atomic E-state index is -0.467. The normalized spacial score (nSPS) is 22.9. The fourth-order valence-electron chi connectivity index (χ4n) is 3.23. The van der Waals surface area contributed by atoms with Gasteiger partial charge in [0, 0.05) is 13.1 Å². The summed E-state index contributed by atoms with van der Waals surface area (Å²) in [5, 5.41) is 9.58. The van der Waals surface area contributed by atoms with Crippen molar-refractivity contribution in [2.75, 3.05) is 25.1 Å². The van der Waals surface area contributed by atoms with Crippen LogP contribution in [-0.4, -0.2) is 60.1 Å². The largest absolute Gasteiger partial charge is 0.465 e. The average Bonchev–Trinajstić information content (AvgIpc) is 2.89. The molecule has 0 bridgehead atoms. The van der Waals surface area contributed by atoms with E-state index in [1.165, 1.54) is 24.1 Å². The first-order valence-corrected chi connectivity index (χ1v) is 7.98. The van der Waals surface area contributed by atoms with Crippen LogP contribution in [0.15, 0.2) is 24.3 Å². The van der Waals surface area contributed by atoms with Gasteiger partial charge in [-0.25, -0.2) is 9.69 Å². The number of rotatable bonds is 3. The molecule has 128 valence electrons. The molecular formula is C17H20N2O5. The van der Waals surface area contributed by atoms with E-state index in [1.54, 1.807) is 12.1 Å². The first-order chi connectivity index (χ1) is 11.5. The smallest absolute Gasteiger partial charge is 0.337 e. The van der Waals surface area contributed by atoms with Crippen molar-refractivity contribution in [3.8, 4) is 0 Å². The number of piperidine rings is 1. The number of methoxy groups -OCH3 is 1. The molecule has 2 aliphatic rings. The van der Waals surface area contributed by atoms with Crippen molar-refractivity contribution in [2.24, 2.45) is 0 Å². The second-order valence-electron chi connectivity index (χ2n) is 6.09. The molecule has 1 atom stereocenters. The Balaban J connectivity index is 1.75. The second kappa shape index (κ2) is 6.70. The van der Waals surface area contributed by atoms with Crippen molar-refractivity contribution in [1.82, 2.24) is 4.90 Å². The Kier molecular flexibility index (Phi) is 4.64. The van der Waals surface area contributed by atoms with Gasteiger partial charge in [0.1, 0.15) is 0 Å². The zero-order chi connectivity index (χ0) is 17.3. The molecule has 24 heavy (non-hydrogen) atoms. The number of imide groups is 1. The number of nitrogens with zero attached hydrogens (tertiary/aromatic N) is 2. The van der Waals surface area contributed by atoms with E-state index < -0.39 is 12.0 Å². The van der Waals surface area contributed by atoms with Gasteiger partial charge in [-0.05, 0) is 37.1 Å². The molecule has 2 saturated heterocycles. The molecule has 1 aromatic carbocycles. The summed E-state index contributed by atoms with van der Waals surface area (Å²) in [6.07, 6.45) is 1.06. The number of benzene rings is 1. The molecule has 2 heterocycles. The van der Waals surface area contributed by atoms with E-state index in [0.29, 0.717) is 37.2 Å². The number of aliphatic hydroxyl groups excluding tert-OH is 1. The number of carbonyl (C=O) groups is 3. The SMILES string of the molecule is COC(=O)c1ccc(N2C(=O)C[C@H](N3CCC(O)CC3)C2=O)cc1. The topological polar surface area (TPSA) is 87.2 Å². The van der Waals surface area contributed by atoms with Gasteiger partial charge in [0.15, 0.2) is 0 Å². The van der Waals surface area contributed by atoms with E-state index in [1.807, 2.05) is 4.90 Å². The summed E-state index contributed by atoms with van der Waals surface area (Å²) in [4.78, 5) is 39.6. The van der Waals surface area contributed by atoms with Crippen LogP contribution in [0.3, 0.4) is 0 Å². The predicted octanol–water partition coefficient (Wildman–Crippen LogP) is 0.562. The predicted molar refractivity (Wildman–Crippen MR) is 85.5 cm³/mol. The number of anilines is 1. The van der Waals surface area contributed by atoms with Crippen LogP contribution in [0.2, 0.25) is 0 Å². The van der Waals surface area contributed by atoms with Gasteiger partial charge in [-0.3, -0.25) is 14.5 Å². The monoisotopic (exact) mass is 332 g/mol. The summed E-state index contributed by atoms with van der Waals surface area (Å²) in [6, 6.07) is 5.75. The van der Waals surface area contributed by atoms with E-state index >= 15 is 0 Å². The van der Waals surface area contributed by atoms with Crippen LogP contribution in [0.25, 0.3) is 0 Å². The molecule has 0 saturated carbocycles. The number of hydrogen-bond donors (Lipinski definition) is 1. The van der Waals surface area contributed by atoms with Gasteiger partial charge in [-0.2, -0.15) is 0 Å². The number of aliphatic hydroxyl groups is 1. The quantitative estimate of drug-likeness (QED) is 0.643. The van der Waals surface area contributed by atoms with Gasteiger partial charge in [0.25, 0.3) is 5.91 Å². The fourth-order valence-corrected chi connectivity index (χ4v) is 3.23. The third-order valence-corrected chi connectivity index (χ3v) is 4.61. The molecule has 3 rings (SSSR count). The lowest BCUT2D eigenvalue weighted by Crippen LogP contribution is -2.46. The Morgan fingerprint density at radius 2 is 1.79 bits per heavy atom. The van der Waals surface area contributed by atoms with E-state index in [0.717, 1.165) is 0 Å². The second-order valence-corrected chi connectivity index (χ2v) is 6.09. The minimum Gasteiger partial charge on any atom is -0.465 e. The molecule has 0 aliphatic carbocycles. The summed E-state index contributed by atoms with van der Waals surface area (Å²) in [5.41, 5.74) is 0.819. The van der Waals surface area contributed by atoms with Crippen LogP contribution >= 0.6 is 0 Å². The lowest BCUT2D eigenvalue weighted by molar-refractivity contribution is -0.123. The number of likely N-dealkylation sites (tertiary alicyclic amines) is 1. The van der Waals surface area contributed by atoms with E-state index in [2.05, 4.69) is 4.74 Å². The highest BCUT2D eigenvalue weighted by Crippen LogP contribution is 2.27. The van der Waals surface area contributed by atoms with Crippen LogP contribution in [-0.2, 0) is 14.3 Å². The molecule has 7 heteroatoms. The molecule has 1 N–H and O–H groups in total. The molecule has 0 spiro atoms. The lowest BCUT2D eigenvalue weighted by atomic mass is 10.1. The van der Waals surface area contributed by atoms with Crippen molar-refractivity contribution in [3.05, 3.63) is 29.8 Å². The van der Waals surface area contributed by atoms with Crippen molar-refractivity contribution >= 4 is 23.5 Å². The van der Waals surface area contributed by atoms with Gasteiger partial charge >= 0.3 is 5.97 Å². The molecule has 7 nitrogen and oxygen atoms in total. The maximum atomic E-state index is 12.7. The Morgan fingerprint density at radius 1 is 1.17 bits per heavy atom. The number of carbonyl (C=O) groups excluding carboxylic acids is 3. The Labute approximate surface area is 139 Å². The van der Waals surface area contributed by atoms with Crippen LogP contribution < -0.4 is 4.90 Å². The zero-order valence-electron chi connectivity index (χ0n) is 13.5. The summed E-state index contributed by atoms with van der Waals surface area (Å²) < 4.78 is 4.64. The van der Waals surface area contributed by atoms with Crippen LogP contribution in [0.4, 0.5) is 5.69 Å². The van der Waals surface area contributed by atoms with Gasteiger partial charge < -0.3 is 9.84 Å². The highest BCUT2D eigenvalue weighted by atomic mass is 16.5. The molecule has 1 aromatic rings. The fraction of sp³-hybridized carbons (Fsp3) is 0.471. The molecule has 2 aliphatic heterocycles. The molecular weight excluding hydrogens is 312 g/mol. The lowest BCUT2D eigenvalue weighted by Gasteiger charge is -2.32. The molecule has 2 amide bonds. The third kappa shape index (κ3) is 3.05. The Bertz CT molecular complexity index is 649. The van der Waals surface area contributed by atoms with Crippen molar-refractivity contribution in [2.45, 2.75) is 31.4 Å². The highest BCUT2D eigenvalue weighted by Gasteiger charge is 2.43. The average molecular weight is 332 g/mol. The Hall–Kier alpha value is -2.25. The van der Waals surface area contributed by atoms with Gasteiger partial charge in [-0.15, -0.1) is 0 Å². The van der Waals surface area contributed by atoms with Gasteiger partial charge in [0.2, 0.25) is 5.91 Å². The van der Waals surface area contributed by atoms with E-state index in [9.17, 15) is 19.5 Å². The summed E-state index contributed by atoms with van der Waals surface area (Å²) >= 11 is 0. The van der Waals surface area contributed by atoms with Crippen molar-refractivity contribution < 1.29 is 24.2 Å². The van der Waals surface area contributed by atoms with Crippen LogP contribution in [0.1, 0.15) is 29.6 Å². The highest BCUT2D eigenvalue weighted by molar-refractivity contribution is 6.22. The van der Waals surface area contributed by atoms with Crippen LogP contribution in [0, 0.1) is 0 Å². The van der Waals surface area contributed by atoms with Crippen molar-refractivity contribution in [1.29, 1.82) is 0 Å². The number of ether oxygens (including phenoxy) is 1. The first-order valence-electron chi connectivity index (χ1n) is 7.98. The van der Waals surface area contributed by atoms with Crippen LogP contribution in [0.5, 0.6) is 0 Å². The summed E-state index contributed by atoms with van der Waals surface area (Å²) in [7, 11) is 1.30. The number of hydrogen-bond acceptors (Lipinski definition) is 6. The summed E-state index contributed by atoms with van der Waals surface area (Å²) in [6.45, 7) is 1.22. The number of amides is 2. The van der Waals surface area contributed by atoms with Gasteiger partial charge in [-0.1, -0.05) is 0 Å². The molecule has 0 aromatic heterocycles. The van der Waals surface area contributed by atoms with E-state index in [-0.39, 0.29) is 24.3 Å². The third-order valence-electron chi connectivity index (χ3n) is 4.61. The van der Waals surface area contributed by atoms with Crippen molar-refractivity contribution in [3.63, 3.8) is 0 Å². The Morgan fingerprint density at radius 3 is 2.38 bits per heavy atom. The maximum Gasteiger partial charge on any atom is 0.337 e. The summed E-state index contributed by atoms with van der Waals surface area (Å²) in [5.74, 6) is -0.963. The molecule has 2 fully saturated rings. The standard InChI is InChI=1S/C17H20N2O5/c1-24-17(23)11-2-4-12(5-3-11)19-15(21)10-14(16(19)22)18-8-6-13(20)7-9-18/h2-5,13-14,20H,6-10H2,1H3/t14-/m0/s1. The molecule has 0 unspecified atom stereocenters. The number of esters is 1. The van der Waals surface area contributed by atoms with E-state index in [4.69, 9.17) is 0 Å². The minimum absolute atomic E-state index is 0.147.